The molecule has 0 amide bonds. The van der Waals surface area contributed by atoms with Crippen LogP contribution in [-0.4, -0.2) is 35.3 Å². The maximum Gasteiger partial charge on any atom is 0.316 e. The fourth-order valence-electron chi connectivity index (χ4n) is 1.97. The van der Waals surface area contributed by atoms with E-state index in [0.717, 1.165) is 37.3 Å². The van der Waals surface area contributed by atoms with Crippen LogP contribution in [0.3, 0.4) is 0 Å². The first-order chi connectivity index (χ1) is 9.15. The minimum atomic E-state index is 0.200. The van der Waals surface area contributed by atoms with Crippen molar-refractivity contribution in [1.29, 1.82) is 0 Å². The van der Waals surface area contributed by atoms with Crippen LogP contribution in [0.1, 0.15) is 37.9 Å². The second-order valence-corrected chi connectivity index (χ2v) is 5.24. The minimum Gasteiger partial charge on any atom is -0.461 e. The summed E-state index contributed by atoms with van der Waals surface area (Å²) in [6.45, 7) is 8.40. The summed E-state index contributed by atoms with van der Waals surface area (Å²) in [5, 5.41) is 3.36. The van der Waals surface area contributed by atoms with Gasteiger partial charge < -0.3 is 14.8 Å². The minimum absolute atomic E-state index is 0.200. The van der Waals surface area contributed by atoms with Crippen LogP contribution in [0, 0.1) is 6.92 Å². The summed E-state index contributed by atoms with van der Waals surface area (Å²) < 4.78 is 11.1. The van der Waals surface area contributed by atoms with Gasteiger partial charge in [0.25, 0.3) is 0 Å². The highest BCUT2D eigenvalue weighted by molar-refractivity contribution is 5.17. The Labute approximate surface area is 114 Å². The number of aromatic nitrogens is 2. The van der Waals surface area contributed by atoms with Gasteiger partial charge in [0.15, 0.2) is 0 Å². The van der Waals surface area contributed by atoms with Gasteiger partial charge in [-0.2, -0.15) is 0 Å². The largest absolute Gasteiger partial charge is 0.461 e. The van der Waals surface area contributed by atoms with Gasteiger partial charge in [0.1, 0.15) is 6.61 Å². The highest BCUT2D eigenvalue weighted by Crippen LogP contribution is 2.14. The van der Waals surface area contributed by atoms with Gasteiger partial charge in [-0.25, -0.2) is 9.97 Å². The van der Waals surface area contributed by atoms with Crippen molar-refractivity contribution in [3.8, 4) is 6.01 Å². The SMILES string of the molecule is Cc1nc(OCC2CCCO2)ncc1CNC(C)C. The highest BCUT2D eigenvalue weighted by atomic mass is 16.5. The summed E-state index contributed by atoms with van der Waals surface area (Å²) in [5.41, 5.74) is 2.07. The highest BCUT2D eigenvalue weighted by Gasteiger charge is 2.16. The molecule has 1 atom stereocenters. The Hall–Kier alpha value is -1.20. The van der Waals surface area contributed by atoms with Crippen molar-refractivity contribution in [2.75, 3.05) is 13.2 Å². The standard InChI is InChI=1S/C14H23N3O2/c1-10(2)15-7-12-8-16-14(17-11(12)3)19-9-13-5-4-6-18-13/h8,10,13,15H,4-7,9H2,1-3H3. The van der Waals surface area contributed by atoms with E-state index in [4.69, 9.17) is 9.47 Å². The molecule has 1 unspecified atom stereocenters. The van der Waals surface area contributed by atoms with E-state index in [1.165, 1.54) is 0 Å². The van der Waals surface area contributed by atoms with Gasteiger partial charge in [-0.1, -0.05) is 13.8 Å². The molecule has 19 heavy (non-hydrogen) atoms. The molecule has 1 fully saturated rings. The molecule has 1 aliphatic rings. The van der Waals surface area contributed by atoms with Gasteiger partial charge in [-0.3, -0.25) is 0 Å². The smallest absolute Gasteiger partial charge is 0.316 e. The predicted octanol–water partition coefficient (Wildman–Crippen LogP) is 1.84. The summed E-state index contributed by atoms with van der Waals surface area (Å²) >= 11 is 0. The lowest BCUT2D eigenvalue weighted by Gasteiger charge is -2.12. The number of aryl methyl sites for hydroxylation is 1. The number of hydrogen-bond acceptors (Lipinski definition) is 5. The van der Waals surface area contributed by atoms with Gasteiger partial charge in [0.05, 0.1) is 6.10 Å². The molecule has 2 heterocycles. The molecule has 0 bridgehead atoms. The van der Waals surface area contributed by atoms with E-state index < -0.39 is 0 Å². The lowest BCUT2D eigenvalue weighted by Crippen LogP contribution is -2.23. The zero-order chi connectivity index (χ0) is 13.7. The molecule has 1 aromatic rings. The Morgan fingerprint density at radius 3 is 3.00 bits per heavy atom. The Balaban J connectivity index is 1.86. The Morgan fingerprint density at radius 2 is 2.37 bits per heavy atom. The maximum absolute atomic E-state index is 5.58. The first kappa shape index (κ1) is 14.2. The van der Waals surface area contributed by atoms with Crippen molar-refractivity contribution in [3.05, 3.63) is 17.5 Å². The van der Waals surface area contributed by atoms with Crippen LogP contribution in [0.15, 0.2) is 6.20 Å². The fourth-order valence-corrected chi connectivity index (χ4v) is 1.97. The number of nitrogens with one attached hydrogen (secondary N) is 1. The zero-order valence-electron chi connectivity index (χ0n) is 12.0. The summed E-state index contributed by atoms with van der Waals surface area (Å²) in [4.78, 5) is 8.63. The topological polar surface area (TPSA) is 56.3 Å². The van der Waals surface area contributed by atoms with Crippen molar-refractivity contribution in [2.24, 2.45) is 0 Å². The monoisotopic (exact) mass is 265 g/mol. The zero-order valence-corrected chi connectivity index (χ0v) is 12.0. The van der Waals surface area contributed by atoms with E-state index in [1.807, 2.05) is 13.1 Å². The van der Waals surface area contributed by atoms with E-state index >= 15 is 0 Å². The predicted molar refractivity (Wildman–Crippen MR) is 73.2 cm³/mol. The Morgan fingerprint density at radius 1 is 1.53 bits per heavy atom. The first-order valence-corrected chi connectivity index (χ1v) is 6.95. The third-order valence-corrected chi connectivity index (χ3v) is 3.18. The maximum atomic E-state index is 5.58. The molecular formula is C14H23N3O2. The molecule has 106 valence electrons. The quantitative estimate of drug-likeness (QED) is 0.850. The molecule has 1 saturated heterocycles. The number of hydrogen-bond donors (Lipinski definition) is 1. The van der Waals surface area contributed by atoms with Crippen LogP contribution in [0.4, 0.5) is 0 Å². The first-order valence-electron chi connectivity index (χ1n) is 6.95. The number of nitrogens with zero attached hydrogens (tertiary/aromatic N) is 2. The van der Waals surface area contributed by atoms with Crippen molar-refractivity contribution >= 4 is 0 Å². The van der Waals surface area contributed by atoms with Gasteiger partial charge in [0.2, 0.25) is 0 Å². The summed E-state index contributed by atoms with van der Waals surface area (Å²) in [7, 11) is 0. The van der Waals surface area contributed by atoms with Gasteiger partial charge in [-0.15, -0.1) is 0 Å². The molecule has 1 aliphatic heterocycles. The third-order valence-electron chi connectivity index (χ3n) is 3.18. The molecule has 0 aromatic carbocycles. The molecule has 5 nitrogen and oxygen atoms in total. The van der Waals surface area contributed by atoms with Gasteiger partial charge in [-0.05, 0) is 19.8 Å². The summed E-state index contributed by atoms with van der Waals surface area (Å²) in [5.74, 6) is 0. The third kappa shape index (κ3) is 4.44. The normalized spacial score (nSPS) is 19.1. The molecule has 0 saturated carbocycles. The average molecular weight is 265 g/mol. The Bertz CT molecular complexity index is 404. The summed E-state index contributed by atoms with van der Waals surface area (Å²) in [6.07, 6.45) is 4.22. The lowest BCUT2D eigenvalue weighted by molar-refractivity contribution is 0.0644. The average Bonchev–Trinajstić information content (AvgIpc) is 2.88. The second kappa shape index (κ2) is 6.82. The van der Waals surface area contributed by atoms with Crippen LogP contribution in [0.5, 0.6) is 6.01 Å². The van der Waals surface area contributed by atoms with E-state index in [-0.39, 0.29) is 6.10 Å². The van der Waals surface area contributed by atoms with Crippen LogP contribution >= 0.6 is 0 Å². The van der Waals surface area contributed by atoms with Gasteiger partial charge >= 0.3 is 6.01 Å². The summed E-state index contributed by atoms with van der Waals surface area (Å²) in [6, 6.07) is 0.899. The number of ether oxygens (including phenoxy) is 2. The molecule has 5 heteroatoms. The van der Waals surface area contributed by atoms with E-state index in [0.29, 0.717) is 18.7 Å². The van der Waals surface area contributed by atoms with Crippen LogP contribution in [0.2, 0.25) is 0 Å². The Kier molecular flexibility index (Phi) is 5.10. The second-order valence-electron chi connectivity index (χ2n) is 5.24. The molecule has 0 radical (unpaired) electrons. The molecular weight excluding hydrogens is 242 g/mol. The van der Waals surface area contributed by atoms with Crippen LogP contribution in [0.25, 0.3) is 0 Å². The van der Waals surface area contributed by atoms with E-state index in [2.05, 4.69) is 29.1 Å². The molecule has 1 N–H and O–H groups in total. The van der Waals surface area contributed by atoms with Crippen molar-refractivity contribution in [3.63, 3.8) is 0 Å². The molecule has 2 rings (SSSR count). The lowest BCUT2D eigenvalue weighted by atomic mass is 10.2. The van der Waals surface area contributed by atoms with Crippen molar-refractivity contribution < 1.29 is 9.47 Å². The molecule has 0 aliphatic carbocycles. The fraction of sp³-hybridized carbons (Fsp3) is 0.714. The van der Waals surface area contributed by atoms with Gasteiger partial charge in [0, 0.05) is 36.6 Å². The van der Waals surface area contributed by atoms with E-state index in [1.54, 1.807) is 0 Å². The van der Waals surface area contributed by atoms with Crippen molar-refractivity contribution in [2.45, 2.75) is 52.3 Å². The number of rotatable bonds is 6. The molecule has 0 spiro atoms. The van der Waals surface area contributed by atoms with Crippen molar-refractivity contribution in [1.82, 2.24) is 15.3 Å². The van der Waals surface area contributed by atoms with E-state index in [9.17, 15) is 0 Å². The molecule has 1 aromatic heterocycles. The van der Waals surface area contributed by atoms with Crippen LogP contribution < -0.4 is 10.1 Å². The van der Waals surface area contributed by atoms with Crippen LogP contribution in [-0.2, 0) is 11.3 Å².